The van der Waals surface area contributed by atoms with Crippen LogP contribution in [-0.2, 0) is 13.1 Å². The van der Waals surface area contributed by atoms with Gasteiger partial charge in [0.15, 0.2) is 5.69 Å². The molecule has 0 unspecified atom stereocenters. The van der Waals surface area contributed by atoms with Gasteiger partial charge < -0.3 is 14.6 Å². The molecular formula is C18H19ClN4O. The molecule has 1 amide bonds. The van der Waals surface area contributed by atoms with Crippen molar-refractivity contribution < 1.29 is 4.79 Å². The normalized spacial score (nSPS) is 11.2. The molecule has 5 nitrogen and oxygen atoms in total. The van der Waals surface area contributed by atoms with Crippen LogP contribution in [0, 0.1) is 0 Å². The highest BCUT2D eigenvalue weighted by atomic mass is 35.5. The molecule has 0 saturated heterocycles. The number of hydrogen-bond acceptors (Lipinski definition) is 3. The fraction of sp³-hybridized carbons (Fsp3) is 0.222. The Hall–Kier alpha value is -2.37. The molecule has 0 aliphatic carbocycles. The number of nitrogens with zero attached hydrogens (tertiary/aromatic N) is 3. The van der Waals surface area contributed by atoms with E-state index in [-0.39, 0.29) is 5.91 Å². The zero-order valence-corrected chi connectivity index (χ0v) is 14.4. The third-order valence-corrected chi connectivity index (χ3v) is 3.93. The van der Waals surface area contributed by atoms with E-state index < -0.39 is 0 Å². The molecule has 0 fully saturated rings. The van der Waals surface area contributed by atoms with E-state index in [0.29, 0.717) is 23.8 Å². The second-order valence-corrected chi connectivity index (χ2v) is 6.32. The summed E-state index contributed by atoms with van der Waals surface area (Å²) in [5.41, 5.74) is 3.10. The second kappa shape index (κ2) is 7.03. The number of pyridine rings is 1. The molecule has 3 rings (SSSR count). The summed E-state index contributed by atoms with van der Waals surface area (Å²) in [4.78, 5) is 19.1. The smallest absolute Gasteiger partial charge is 0.272 e. The summed E-state index contributed by atoms with van der Waals surface area (Å²) in [7, 11) is 3.94. The van der Waals surface area contributed by atoms with Gasteiger partial charge in [-0.2, -0.15) is 0 Å². The minimum Gasteiger partial charge on any atom is -0.347 e. The van der Waals surface area contributed by atoms with Crippen molar-refractivity contribution in [1.82, 2.24) is 19.6 Å². The van der Waals surface area contributed by atoms with Gasteiger partial charge in [0.25, 0.3) is 5.91 Å². The molecule has 3 aromatic rings. The van der Waals surface area contributed by atoms with E-state index in [1.54, 1.807) is 0 Å². The van der Waals surface area contributed by atoms with E-state index in [9.17, 15) is 4.79 Å². The van der Waals surface area contributed by atoms with Crippen molar-refractivity contribution in [3.05, 3.63) is 70.6 Å². The predicted octanol–water partition coefficient (Wildman–Crippen LogP) is 2.98. The summed E-state index contributed by atoms with van der Waals surface area (Å²) in [6.07, 6.45) is 1.93. The summed E-state index contributed by atoms with van der Waals surface area (Å²) in [6, 6.07) is 13.2. The van der Waals surface area contributed by atoms with Gasteiger partial charge >= 0.3 is 0 Å². The van der Waals surface area contributed by atoms with Crippen LogP contribution in [0.1, 0.15) is 21.7 Å². The quantitative estimate of drug-likeness (QED) is 0.775. The van der Waals surface area contributed by atoms with Gasteiger partial charge in [0, 0.05) is 24.3 Å². The predicted molar refractivity (Wildman–Crippen MR) is 95.2 cm³/mol. The van der Waals surface area contributed by atoms with Crippen molar-refractivity contribution in [3.8, 4) is 0 Å². The van der Waals surface area contributed by atoms with E-state index in [0.717, 1.165) is 16.9 Å². The Kier molecular flexibility index (Phi) is 4.83. The van der Waals surface area contributed by atoms with Crippen LogP contribution in [0.3, 0.4) is 0 Å². The van der Waals surface area contributed by atoms with Crippen LogP contribution in [0.5, 0.6) is 0 Å². The van der Waals surface area contributed by atoms with Crippen molar-refractivity contribution >= 4 is 23.2 Å². The van der Waals surface area contributed by atoms with Crippen LogP contribution in [-0.4, -0.2) is 34.3 Å². The molecule has 124 valence electrons. The average molecular weight is 343 g/mol. The minimum atomic E-state index is -0.175. The molecule has 6 heteroatoms. The molecule has 0 aliphatic rings. The zero-order chi connectivity index (χ0) is 17.1. The van der Waals surface area contributed by atoms with Crippen LogP contribution in [0.25, 0.3) is 5.65 Å². The highest BCUT2D eigenvalue weighted by Gasteiger charge is 2.18. The fourth-order valence-corrected chi connectivity index (χ4v) is 2.67. The summed E-state index contributed by atoms with van der Waals surface area (Å²) in [5.74, 6) is -0.175. The number of fused-ring (bicyclic) bond motifs is 1. The van der Waals surface area contributed by atoms with Gasteiger partial charge in [0.2, 0.25) is 0 Å². The SMILES string of the molecule is CN(C)Cc1c(C(=O)NCc2ccc(Cl)cc2)nc2ccccn12. The number of carbonyl (C=O) groups excluding carboxylic acids is 1. The van der Waals surface area contributed by atoms with Crippen molar-refractivity contribution in [2.75, 3.05) is 14.1 Å². The van der Waals surface area contributed by atoms with E-state index in [2.05, 4.69) is 10.3 Å². The van der Waals surface area contributed by atoms with Crippen molar-refractivity contribution in [1.29, 1.82) is 0 Å². The summed E-state index contributed by atoms with van der Waals surface area (Å²) in [6.45, 7) is 1.07. The molecule has 1 N–H and O–H groups in total. The monoisotopic (exact) mass is 342 g/mol. The molecule has 24 heavy (non-hydrogen) atoms. The molecular weight excluding hydrogens is 324 g/mol. The van der Waals surface area contributed by atoms with Gasteiger partial charge in [0.05, 0.1) is 5.69 Å². The number of halogens is 1. The Balaban J connectivity index is 1.84. The number of amides is 1. The molecule has 2 aromatic heterocycles. The lowest BCUT2D eigenvalue weighted by Crippen LogP contribution is -2.25. The highest BCUT2D eigenvalue weighted by molar-refractivity contribution is 6.30. The number of rotatable bonds is 5. The van der Waals surface area contributed by atoms with Crippen LogP contribution in [0.15, 0.2) is 48.7 Å². The van der Waals surface area contributed by atoms with Gasteiger partial charge in [-0.25, -0.2) is 4.98 Å². The van der Waals surface area contributed by atoms with Crippen LogP contribution < -0.4 is 5.32 Å². The Morgan fingerprint density at radius 1 is 1.21 bits per heavy atom. The second-order valence-electron chi connectivity index (χ2n) is 5.88. The first-order valence-electron chi connectivity index (χ1n) is 7.68. The Morgan fingerprint density at radius 2 is 1.96 bits per heavy atom. The van der Waals surface area contributed by atoms with Crippen LogP contribution in [0.2, 0.25) is 5.02 Å². The molecule has 0 saturated carbocycles. The van der Waals surface area contributed by atoms with Gasteiger partial charge in [-0.05, 0) is 43.9 Å². The van der Waals surface area contributed by atoms with Gasteiger partial charge in [-0.3, -0.25) is 4.79 Å². The maximum atomic E-state index is 12.6. The molecule has 0 atom stereocenters. The van der Waals surface area contributed by atoms with E-state index >= 15 is 0 Å². The summed E-state index contributed by atoms with van der Waals surface area (Å²) in [5, 5.41) is 3.61. The lowest BCUT2D eigenvalue weighted by molar-refractivity contribution is 0.0944. The number of nitrogens with one attached hydrogen (secondary N) is 1. The molecule has 1 aromatic carbocycles. The molecule has 0 spiro atoms. The van der Waals surface area contributed by atoms with E-state index in [1.165, 1.54) is 0 Å². The highest BCUT2D eigenvalue weighted by Crippen LogP contribution is 2.15. The summed E-state index contributed by atoms with van der Waals surface area (Å²) >= 11 is 5.88. The number of hydrogen-bond donors (Lipinski definition) is 1. The van der Waals surface area contributed by atoms with Crippen LogP contribution in [0.4, 0.5) is 0 Å². The van der Waals surface area contributed by atoms with Crippen LogP contribution >= 0.6 is 11.6 Å². The number of aromatic nitrogens is 2. The maximum absolute atomic E-state index is 12.6. The van der Waals surface area contributed by atoms with E-state index in [1.807, 2.05) is 72.1 Å². The van der Waals surface area contributed by atoms with Crippen molar-refractivity contribution in [3.63, 3.8) is 0 Å². The first kappa shape index (κ1) is 16.5. The van der Waals surface area contributed by atoms with Crippen molar-refractivity contribution in [2.45, 2.75) is 13.1 Å². The van der Waals surface area contributed by atoms with Gasteiger partial charge in [-0.1, -0.05) is 29.8 Å². The Bertz CT molecular complexity index is 855. The number of carbonyl (C=O) groups is 1. The first-order valence-corrected chi connectivity index (χ1v) is 8.06. The zero-order valence-electron chi connectivity index (χ0n) is 13.7. The molecule has 0 radical (unpaired) electrons. The Morgan fingerprint density at radius 3 is 2.67 bits per heavy atom. The lowest BCUT2D eigenvalue weighted by Gasteiger charge is -2.11. The standard InChI is InChI=1S/C18H19ClN4O/c1-22(2)12-15-17(21-16-5-3-4-10-23(15)16)18(24)20-11-13-6-8-14(19)9-7-13/h3-10H,11-12H2,1-2H3,(H,20,24). The third kappa shape index (κ3) is 3.58. The largest absolute Gasteiger partial charge is 0.347 e. The van der Waals surface area contributed by atoms with Gasteiger partial charge in [-0.15, -0.1) is 0 Å². The average Bonchev–Trinajstić information content (AvgIpc) is 2.92. The molecule has 2 heterocycles. The maximum Gasteiger partial charge on any atom is 0.272 e. The molecule has 0 aliphatic heterocycles. The number of benzene rings is 1. The van der Waals surface area contributed by atoms with Gasteiger partial charge in [0.1, 0.15) is 5.65 Å². The molecule has 0 bridgehead atoms. The number of imidazole rings is 1. The fourth-order valence-electron chi connectivity index (χ4n) is 2.55. The minimum absolute atomic E-state index is 0.175. The third-order valence-electron chi connectivity index (χ3n) is 3.68. The first-order chi connectivity index (χ1) is 11.5. The van der Waals surface area contributed by atoms with Crippen molar-refractivity contribution in [2.24, 2.45) is 0 Å². The topological polar surface area (TPSA) is 49.6 Å². The van der Waals surface area contributed by atoms with E-state index in [4.69, 9.17) is 11.6 Å². The Labute approximate surface area is 145 Å². The summed E-state index contributed by atoms with van der Waals surface area (Å²) < 4.78 is 1.96. The lowest BCUT2D eigenvalue weighted by atomic mass is 10.2.